The molecule has 1 saturated carbocycles. The van der Waals surface area contributed by atoms with Gasteiger partial charge in [0.2, 0.25) is 5.88 Å². The molecule has 162 valence electrons. The van der Waals surface area contributed by atoms with Crippen LogP contribution in [0.4, 0.5) is 11.4 Å². The molecule has 31 heavy (non-hydrogen) atoms. The molecule has 3 heterocycles. The number of nitrogens with one attached hydrogen (secondary N) is 1. The van der Waals surface area contributed by atoms with Crippen LogP contribution in [0, 0.1) is 21.4 Å². The van der Waals surface area contributed by atoms with Crippen LogP contribution >= 0.6 is 0 Å². The van der Waals surface area contributed by atoms with Crippen LogP contribution in [0.3, 0.4) is 0 Å². The van der Waals surface area contributed by atoms with Crippen molar-refractivity contribution in [2.24, 2.45) is 0 Å². The van der Waals surface area contributed by atoms with Crippen molar-refractivity contribution in [3.05, 3.63) is 52.5 Å². The number of hydrogen-bond acceptors (Lipinski definition) is 8. The van der Waals surface area contributed by atoms with Crippen LogP contribution in [0.5, 0.6) is 5.88 Å². The molecule has 0 spiro atoms. The van der Waals surface area contributed by atoms with Crippen molar-refractivity contribution in [3.63, 3.8) is 0 Å². The maximum atomic E-state index is 11.5. The molecule has 1 aliphatic heterocycles. The number of likely N-dealkylation sites (tertiary alicyclic amines) is 1. The number of hydrogen-bond donors (Lipinski definition) is 1. The number of piperidine rings is 1. The Morgan fingerprint density at radius 3 is 2.77 bits per heavy atom. The average molecular weight is 422 g/mol. The van der Waals surface area contributed by atoms with Gasteiger partial charge in [0, 0.05) is 24.8 Å². The van der Waals surface area contributed by atoms with Gasteiger partial charge in [-0.1, -0.05) is 12.5 Å². The number of pyridine rings is 2. The third-order valence-electron chi connectivity index (χ3n) is 6.08. The monoisotopic (exact) mass is 422 g/mol. The van der Waals surface area contributed by atoms with E-state index in [2.05, 4.69) is 26.3 Å². The Kier molecular flexibility index (Phi) is 6.28. The molecule has 2 aromatic rings. The van der Waals surface area contributed by atoms with E-state index in [0.717, 1.165) is 25.3 Å². The SMILES string of the molecule is N#C[C@]1(c2ccccn2)C[C@@H](Nc2cc(OCCN3CCCCC3)ncc2[N+](=O)[O-])C1. The maximum absolute atomic E-state index is 11.5. The standard InChI is InChI=1S/C22H26N6O3/c23-16-22(20-6-2-3-7-24-20)13-17(14-22)26-18-12-21(25-15-19(18)28(29)30)31-11-10-27-8-4-1-5-9-27/h2-3,6-7,12,15,17H,1,4-5,8-11,13-14H2,(H,25,26)/t17-,22+. The zero-order valence-electron chi connectivity index (χ0n) is 17.4. The zero-order valence-corrected chi connectivity index (χ0v) is 17.4. The van der Waals surface area contributed by atoms with Gasteiger partial charge in [0.15, 0.2) is 0 Å². The van der Waals surface area contributed by atoms with Crippen molar-refractivity contribution < 1.29 is 9.66 Å². The molecule has 0 radical (unpaired) electrons. The first-order valence-corrected chi connectivity index (χ1v) is 10.7. The van der Waals surface area contributed by atoms with E-state index in [1.54, 1.807) is 12.3 Å². The summed E-state index contributed by atoms with van der Waals surface area (Å²) in [5.41, 5.74) is 0.344. The minimum absolute atomic E-state index is 0.0658. The number of ether oxygens (including phenoxy) is 1. The quantitative estimate of drug-likeness (QED) is 0.509. The number of nitro groups is 1. The van der Waals surface area contributed by atoms with Gasteiger partial charge in [-0.15, -0.1) is 0 Å². The molecule has 0 amide bonds. The van der Waals surface area contributed by atoms with Crippen LogP contribution in [0.15, 0.2) is 36.7 Å². The van der Waals surface area contributed by atoms with Crippen molar-refractivity contribution in [2.75, 3.05) is 31.6 Å². The predicted octanol–water partition coefficient (Wildman–Crippen LogP) is 3.29. The van der Waals surface area contributed by atoms with E-state index in [1.807, 2.05) is 18.2 Å². The lowest BCUT2D eigenvalue weighted by molar-refractivity contribution is -0.384. The van der Waals surface area contributed by atoms with Crippen molar-refractivity contribution >= 4 is 11.4 Å². The molecule has 1 N–H and O–H groups in total. The van der Waals surface area contributed by atoms with Gasteiger partial charge < -0.3 is 10.1 Å². The van der Waals surface area contributed by atoms with Gasteiger partial charge in [0.1, 0.15) is 23.9 Å². The third kappa shape index (κ3) is 4.75. The summed E-state index contributed by atoms with van der Waals surface area (Å²) in [6.45, 7) is 3.48. The number of rotatable bonds is 8. The van der Waals surface area contributed by atoms with Crippen LogP contribution in [-0.4, -0.2) is 52.1 Å². The fraction of sp³-hybridized carbons (Fsp3) is 0.500. The fourth-order valence-electron chi connectivity index (χ4n) is 4.34. The number of nitrogens with zero attached hydrogens (tertiary/aromatic N) is 5. The fourth-order valence-corrected chi connectivity index (χ4v) is 4.34. The number of nitriles is 1. The number of anilines is 1. The van der Waals surface area contributed by atoms with Crippen molar-refractivity contribution in [2.45, 2.75) is 43.6 Å². The summed E-state index contributed by atoms with van der Waals surface area (Å²) in [5.74, 6) is 0.362. The molecule has 9 heteroatoms. The van der Waals surface area contributed by atoms with Gasteiger partial charge in [-0.05, 0) is 50.9 Å². The van der Waals surface area contributed by atoms with E-state index in [0.29, 0.717) is 31.0 Å². The Balaban J connectivity index is 1.39. The maximum Gasteiger partial charge on any atom is 0.310 e. The minimum atomic E-state index is -0.658. The Bertz CT molecular complexity index is 949. The third-order valence-corrected chi connectivity index (χ3v) is 6.08. The first-order valence-electron chi connectivity index (χ1n) is 10.7. The van der Waals surface area contributed by atoms with Crippen molar-refractivity contribution in [1.82, 2.24) is 14.9 Å². The molecule has 9 nitrogen and oxygen atoms in total. The van der Waals surface area contributed by atoms with Gasteiger partial charge in [-0.25, -0.2) is 4.98 Å². The Hall–Kier alpha value is -3.25. The highest BCUT2D eigenvalue weighted by molar-refractivity contribution is 5.63. The molecule has 2 fully saturated rings. The highest BCUT2D eigenvalue weighted by Crippen LogP contribution is 2.44. The van der Waals surface area contributed by atoms with Gasteiger partial charge in [-0.2, -0.15) is 5.26 Å². The van der Waals surface area contributed by atoms with E-state index in [1.165, 1.54) is 25.5 Å². The van der Waals surface area contributed by atoms with Gasteiger partial charge in [0.05, 0.1) is 16.7 Å². The van der Waals surface area contributed by atoms with E-state index < -0.39 is 10.3 Å². The van der Waals surface area contributed by atoms with Gasteiger partial charge in [0.25, 0.3) is 0 Å². The molecule has 0 aromatic carbocycles. The first kappa shape index (κ1) is 21.0. The van der Waals surface area contributed by atoms with E-state index in [-0.39, 0.29) is 11.7 Å². The predicted molar refractivity (Wildman–Crippen MR) is 115 cm³/mol. The smallest absolute Gasteiger partial charge is 0.310 e. The molecule has 0 bridgehead atoms. The van der Waals surface area contributed by atoms with E-state index in [9.17, 15) is 15.4 Å². The van der Waals surface area contributed by atoms with Gasteiger partial charge in [-0.3, -0.25) is 20.0 Å². The normalized spacial score (nSPS) is 23.4. The Morgan fingerprint density at radius 2 is 2.10 bits per heavy atom. The van der Waals surface area contributed by atoms with Crippen LogP contribution in [0.2, 0.25) is 0 Å². The Morgan fingerprint density at radius 1 is 1.29 bits per heavy atom. The lowest BCUT2D eigenvalue weighted by Gasteiger charge is -2.42. The molecule has 2 aliphatic rings. The average Bonchev–Trinajstić information content (AvgIpc) is 2.77. The minimum Gasteiger partial charge on any atom is -0.476 e. The van der Waals surface area contributed by atoms with E-state index in [4.69, 9.17) is 4.74 Å². The topological polar surface area (TPSA) is 117 Å². The summed E-state index contributed by atoms with van der Waals surface area (Å²) >= 11 is 0. The summed E-state index contributed by atoms with van der Waals surface area (Å²) in [6, 6.07) is 9.43. The zero-order chi connectivity index (χ0) is 21.7. The molecule has 0 unspecified atom stereocenters. The Labute approximate surface area is 181 Å². The van der Waals surface area contributed by atoms with Crippen LogP contribution < -0.4 is 10.1 Å². The van der Waals surface area contributed by atoms with Crippen molar-refractivity contribution in [3.8, 4) is 11.9 Å². The molecule has 4 rings (SSSR count). The molecule has 1 saturated heterocycles. The summed E-state index contributed by atoms with van der Waals surface area (Å²) < 4.78 is 5.77. The highest BCUT2D eigenvalue weighted by atomic mass is 16.6. The molecular weight excluding hydrogens is 396 g/mol. The largest absolute Gasteiger partial charge is 0.476 e. The van der Waals surface area contributed by atoms with Crippen LogP contribution in [-0.2, 0) is 5.41 Å². The second-order valence-electron chi connectivity index (χ2n) is 8.21. The summed E-state index contributed by atoms with van der Waals surface area (Å²) in [7, 11) is 0. The second-order valence-corrected chi connectivity index (χ2v) is 8.21. The molecular formula is C22H26N6O3. The van der Waals surface area contributed by atoms with Crippen molar-refractivity contribution in [1.29, 1.82) is 5.26 Å². The highest BCUT2D eigenvalue weighted by Gasteiger charge is 2.47. The lowest BCUT2D eigenvalue weighted by atomic mass is 9.64. The van der Waals surface area contributed by atoms with Crippen LogP contribution in [0.1, 0.15) is 37.8 Å². The summed E-state index contributed by atoms with van der Waals surface area (Å²) in [5, 5.41) is 24.4. The second kappa shape index (κ2) is 9.27. The van der Waals surface area contributed by atoms with Crippen LogP contribution in [0.25, 0.3) is 0 Å². The summed E-state index contributed by atoms with van der Waals surface area (Å²) in [4.78, 5) is 21.8. The molecule has 2 aromatic heterocycles. The number of aromatic nitrogens is 2. The first-order chi connectivity index (χ1) is 15.1. The van der Waals surface area contributed by atoms with Gasteiger partial charge >= 0.3 is 5.69 Å². The molecule has 0 atom stereocenters. The lowest BCUT2D eigenvalue weighted by Crippen LogP contribution is -2.48. The van der Waals surface area contributed by atoms with E-state index >= 15 is 0 Å². The molecule has 1 aliphatic carbocycles. The summed E-state index contributed by atoms with van der Waals surface area (Å²) in [6.07, 6.45) is 7.69.